The molecule has 0 radical (unpaired) electrons. The van der Waals surface area contributed by atoms with Crippen molar-refractivity contribution >= 4 is 16.9 Å². The Hall–Kier alpha value is -2.36. The van der Waals surface area contributed by atoms with E-state index in [-0.39, 0.29) is 0 Å². The summed E-state index contributed by atoms with van der Waals surface area (Å²) in [5.41, 5.74) is 8.09. The van der Waals surface area contributed by atoms with Crippen molar-refractivity contribution in [3.05, 3.63) is 41.2 Å². The van der Waals surface area contributed by atoms with E-state index in [1.807, 2.05) is 6.20 Å². The van der Waals surface area contributed by atoms with Gasteiger partial charge in [-0.15, -0.1) is 0 Å². The van der Waals surface area contributed by atoms with Crippen LogP contribution in [-0.2, 0) is 6.42 Å². The number of aromatic nitrogens is 3. The Kier molecular flexibility index (Phi) is 4.43. The molecule has 4 rings (SSSR count). The molecule has 1 fully saturated rings. The summed E-state index contributed by atoms with van der Waals surface area (Å²) < 4.78 is 0. The van der Waals surface area contributed by atoms with Gasteiger partial charge < -0.3 is 9.88 Å². The van der Waals surface area contributed by atoms with E-state index < -0.39 is 0 Å². The van der Waals surface area contributed by atoms with Crippen LogP contribution in [0.1, 0.15) is 56.4 Å². The van der Waals surface area contributed by atoms with Crippen molar-refractivity contribution in [1.29, 1.82) is 0 Å². The van der Waals surface area contributed by atoms with Crippen LogP contribution in [0.2, 0.25) is 0 Å². The standard InChI is InChI=1S/C22H28N4/c1-5-16-12-19-20(15(4)13-23-19)25-21(16)17-8-9-18(14(2)3)24-22(17)26-10-6-7-11-26/h8-9,12-14,23H,5-7,10-11H2,1-4H3. The summed E-state index contributed by atoms with van der Waals surface area (Å²) in [6.45, 7) is 10.9. The zero-order valence-electron chi connectivity index (χ0n) is 16.3. The topological polar surface area (TPSA) is 44.8 Å². The Bertz CT molecular complexity index is 933. The summed E-state index contributed by atoms with van der Waals surface area (Å²) in [6, 6.07) is 6.68. The van der Waals surface area contributed by atoms with Crippen molar-refractivity contribution in [3.8, 4) is 11.3 Å². The third-order valence-electron chi connectivity index (χ3n) is 5.45. The van der Waals surface area contributed by atoms with Crippen LogP contribution < -0.4 is 4.90 Å². The molecular weight excluding hydrogens is 320 g/mol. The van der Waals surface area contributed by atoms with Crippen molar-refractivity contribution in [1.82, 2.24) is 15.0 Å². The summed E-state index contributed by atoms with van der Waals surface area (Å²) in [7, 11) is 0. The van der Waals surface area contributed by atoms with E-state index in [2.05, 4.69) is 55.8 Å². The molecule has 4 nitrogen and oxygen atoms in total. The second kappa shape index (κ2) is 6.75. The molecule has 26 heavy (non-hydrogen) atoms. The fourth-order valence-corrected chi connectivity index (χ4v) is 3.86. The first kappa shape index (κ1) is 17.1. The van der Waals surface area contributed by atoms with Gasteiger partial charge >= 0.3 is 0 Å². The van der Waals surface area contributed by atoms with Crippen LogP contribution in [0.15, 0.2) is 24.4 Å². The van der Waals surface area contributed by atoms with Crippen LogP contribution in [0, 0.1) is 6.92 Å². The fourth-order valence-electron chi connectivity index (χ4n) is 3.86. The predicted molar refractivity (Wildman–Crippen MR) is 109 cm³/mol. The zero-order valence-corrected chi connectivity index (χ0v) is 16.3. The number of nitrogens with one attached hydrogen (secondary N) is 1. The van der Waals surface area contributed by atoms with E-state index in [9.17, 15) is 0 Å². The molecule has 1 aliphatic heterocycles. The lowest BCUT2D eigenvalue weighted by Crippen LogP contribution is -2.21. The van der Waals surface area contributed by atoms with Gasteiger partial charge in [0.15, 0.2) is 0 Å². The molecule has 0 unspecified atom stereocenters. The molecule has 0 saturated carbocycles. The van der Waals surface area contributed by atoms with Gasteiger partial charge in [0.1, 0.15) is 5.82 Å². The third kappa shape index (κ3) is 2.87. The number of hydrogen-bond donors (Lipinski definition) is 1. The van der Waals surface area contributed by atoms with Gasteiger partial charge in [0.05, 0.1) is 16.7 Å². The van der Waals surface area contributed by atoms with Gasteiger partial charge in [-0.2, -0.15) is 0 Å². The quantitative estimate of drug-likeness (QED) is 0.703. The van der Waals surface area contributed by atoms with Crippen molar-refractivity contribution in [3.63, 3.8) is 0 Å². The lowest BCUT2D eigenvalue weighted by molar-refractivity contribution is 0.811. The molecule has 4 heterocycles. The first-order valence-electron chi connectivity index (χ1n) is 9.82. The third-order valence-corrected chi connectivity index (χ3v) is 5.45. The van der Waals surface area contributed by atoms with Gasteiger partial charge in [-0.1, -0.05) is 20.8 Å². The van der Waals surface area contributed by atoms with Crippen molar-refractivity contribution < 1.29 is 0 Å². The minimum Gasteiger partial charge on any atom is -0.360 e. The Morgan fingerprint density at radius 1 is 1.15 bits per heavy atom. The van der Waals surface area contributed by atoms with E-state index in [0.717, 1.165) is 47.7 Å². The SMILES string of the molecule is CCc1cc2[nH]cc(C)c2nc1-c1ccc(C(C)C)nc1N1CCCC1. The highest BCUT2D eigenvalue weighted by atomic mass is 15.2. The van der Waals surface area contributed by atoms with E-state index in [0.29, 0.717) is 5.92 Å². The molecule has 4 heteroatoms. The summed E-state index contributed by atoms with van der Waals surface area (Å²) in [5, 5.41) is 0. The highest BCUT2D eigenvalue weighted by Gasteiger charge is 2.22. The highest BCUT2D eigenvalue weighted by Crippen LogP contribution is 2.35. The summed E-state index contributed by atoms with van der Waals surface area (Å²) >= 11 is 0. The van der Waals surface area contributed by atoms with Crippen LogP contribution in [-0.4, -0.2) is 28.0 Å². The number of anilines is 1. The lowest BCUT2D eigenvalue weighted by Gasteiger charge is -2.22. The monoisotopic (exact) mass is 348 g/mol. The van der Waals surface area contributed by atoms with Crippen molar-refractivity contribution in [2.24, 2.45) is 0 Å². The van der Waals surface area contributed by atoms with Gasteiger partial charge in [0.25, 0.3) is 0 Å². The molecule has 0 aliphatic carbocycles. The molecule has 136 valence electrons. The smallest absolute Gasteiger partial charge is 0.138 e. The molecule has 0 aromatic carbocycles. The Morgan fingerprint density at radius 3 is 2.62 bits per heavy atom. The van der Waals surface area contributed by atoms with E-state index in [1.54, 1.807) is 0 Å². The average Bonchev–Trinajstić information content (AvgIpc) is 3.30. The van der Waals surface area contributed by atoms with Crippen LogP contribution in [0.3, 0.4) is 0 Å². The summed E-state index contributed by atoms with van der Waals surface area (Å²) in [5.74, 6) is 1.54. The molecule has 0 spiro atoms. The minimum absolute atomic E-state index is 0.429. The largest absolute Gasteiger partial charge is 0.360 e. The van der Waals surface area contributed by atoms with E-state index >= 15 is 0 Å². The zero-order chi connectivity index (χ0) is 18.3. The maximum atomic E-state index is 5.08. The molecular formula is C22H28N4. The van der Waals surface area contributed by atoms with Crippen molar-refractivity contribution in [2.75, 3.05) is 18.0 Å². The van der Waals surface area contributed by atoms with Gasteiger partial charge in [-0.25, -0.2) is 9.97 Å². The van der Waals surface area contributed by atoms with Gasteiger partial charge in [0.2, 0.25) is 0 Å². The van der Waals surface area contributed by atoms with Crippen molar-refractivity contribution in [2.45, 2.75) is 52.9 Å². The van der Waals surface area contributed by atoms with E-state index in [4.69, 9.17) is 9.97 Å². The number of fused-ring (bicyclic) bond motifs is 1. The second-order valence-electron chi connectivity index (χ2n) is 7.67. The number of nitrogens with zero attached hydrogens (tertiary/aromatic N) is 3. The molecule has 0 atom stereocenters. The maximum Gasteiger partial charge on any atom is 0.138 e. The second-order valence-corrected chi connectivity index (χ2v) is 7.67. The predicted octanol–water partition coefficient (Wildman–Crippen LogP) is 5.22. The summed E-state index contributed by atoms with van der Waals surface area (Å²) in [4.78, 5) is 15.9. The Balaban J connectivity index is 1.94. The lowest BCUT2D eigenvalue weighted by atomic mass is 10.0. The fraction of sp³-hybridized carbons (Fsp3) is 0.455. The van der Waals surface area contributed by atoms with Gasteiger partial charge in [0, 0.05) is 30.5 Å². The number of hydrogen-bond acceptors (Lipinski definition) is 3. The number of aromatic amines is 1. The van der Waals surface area contributed by atoms with Gasteiger partial charge in [-0.3, -0.25) is 0 Å². The first-order chi connectivity index (χ1) is 12.6. The van der Waals surface area contributed by atoms with E-state index in [1.165, 1.54) is 29.5 Å². The number of rotatable bonds is 4. The Morgan fingerprint density at radius 2 is 1.92 bits per heavy atom. The number of H-pyrrole nitrogens is 1. The average molecular weight is 348 g/mol. The molecule has 0 bridgehead atoms. The number of aryl methyl sites for hydroxylation is 2. The molecule has 1 N–H and O–H groups in total. The van der Waals surface area contributed by atoms with Crippen LogP contribution in [0.25, 0.3) is 22.3 Å². The Labute approximate surface area is 155 Å². The highest BCUT2D eigenvalue weighted by molar-refractivity contribution is 5.86. The maximum absolute atomic E-state index is 5.08. The summed E-state index contributed by atoms with van der Waals surface area (Å²) in [6.07, 6.45) is 5.50. The first-order valence-corrected chi connectivity index (χ1v) is 9.82. The van der Waals surface area contributed by atoms with Crippen LogP contribution >= 0.6 is 0 Å². The molecule has 3 aromatic heterocycles. The molecule has 1 saturated heterocycles. The van der Waals surface area contributed by atoms with Gasteiger partial charge in [-0.05, 0) is 61.4 Å². The molecule has 3 aromatic rings. The van der Waals surface area contributed by atoms with Crippen LogP contribution in [0.5, 0.6) is 0 Å². The minimum atomic E-state index is 0.429. The normalized spacial score (nSPS) is 14.7. The molecule has 0 amide bonds. The van der Waals surface area contributed by atoms with Crippen LogP contribution in [0.4, 0.5) is 5.82 Å². The molecule has 1 aliphatic rings. The number of pyridine rings is 2.